The van der Waals surface area contributed by atoms with Gasteiger partial charge in [-0.3, -0.25) is 0 Å². The molecule has 0 fully saturated rings. The van der Waals surface area contributed by atoms with Crippen LogP contribution in [0, 0.1) is 17.4 Å². The molecule has 0 aliphatic heterocycles. The zero-order valence-corrected chi connectivity index (χ0v) is 14.2. The molecule has 0 aromatic heterocycles. The summed E-state index contributed by atoms with van der Waals surface area (Å²) in [6, 6.07) is 13.0. The van der Waals surface area contributed by atoms with Crippen LogP contribution >= 0.6 is 34.2 Å². The highest BCUT2D eigenvalue weighted by molar-refractivity contribution is 14.1. The first-order valence-corrected chi connectivity index (χ1v) is 7.68. The number of hydrogen-bond acceptors (Lipinski definition) is 1. The Morgan fingerprint density at radius 2 is 1.63 bits per heavy atom. The number of halogens is 2. The van der Waals surface area contributed by atoms with E-state index in [0.29, 0.717) is 0 Å². The monoisotopic (exact) mass is 385 g/mol. The molecule has 1 nitrogen and oxygen atoms in total. The van der Waals surface area contributed by atoms with Gasteiger partial charge in [0.05, 0.1) is 11.1 Å². The molecule has 2 rings (SSSR count). The third kappa shape index (κ3) is 3.30. The molecule has 19 heavy (non-hydrogen) atoms. The second-order valence-electron chi connectivity index (χ2n) is 4.74. The third-order valence-corrected chi connectivity index (χ3v) is 5.00. The predicted molar refractivity (Wildman–Crippen MR) is 91.0 cm³/mol. The van der Waals surface area contributed by atoms with Crippen LogP contribution in [-0.2, 0) is 0 Å². The molecule has 0 spiro atoms. The summed E-state index contributed by atoms with van der Waals surface area (Å²) in [4.78, 5) is 0. The smallest absolute Gasteiger partial charge is 0.0574 e. The average Bonchev–Trinajstić information content (AvgIpc) is 2.39. The fourth-order valence-electron chi connectivity index (χ4n) is 2.16. The fraction of sp³-hybridized carbons (Fsp3) is 0.250. The molecule has 0 saturated carbocycles. The molecule has 0 bridgehead atoms. The maximum Gasteiger partial charge on any atom is 0.0574 e. The summed E-state index contributed by atoms with van der Waals surface area (Å²) in [7, 11) is 1.98. The van der Waals surface area contributed by atoms with Gasteiger partial charge in [0.2, 0.25) is 0 Å². The first-order chi connectivity index (χ1) is 9.02. The minimum Gasteiger partial charge on any atom is -0.309 e. The van der Waals surface area contributed by atoms with Crippen LogP contribution in [0.25, 0.3) is 0 Å². The third-order valence-electron chi connectivity index (χ3n) is 3.43. The van der Waals surface area contributed by atoms with Crippen molar-refractivity contribution in [1.82, 2.24) is 5.32 Å². The molecule has 2 aromatic carbocycles. The molecule has 0 aliphatic carbocycles. The van der Waals surface area contributed by atoms with Crippen LogP contribution in [0.4, 0.5) is 0 Å². The van der Waals surface area contributed by atoms with Crippen molar-refractivity contribution in [3.8, 4) is 0 Å². The lowest BCUT2D eigenvalue weighted by Gasteiger charge is -2.19. The zero-order chi connectivity index (χ0) is 14.0. The number of rotatable bonds is 3. The van der Waals surface area contributed by atoms with E-state index in [1.807, 2.05) is 13.1 Å². The highest BCUT2D eigenvalue weighted by Gasteiger charge is 2.13. The van der Waals surface area contributed by atoms with Crippen LogP contribution in [0.5, 0.6) is 0 Å². The summed E-state index contributed by atoms with van der Waals surface area (Å²) < 4.78 is 1.08. The Morgan fingerprint density at radius 1 is 1.00 bits per heavy atom. The molecular weight excluding hydrogens is 369 g/mol. The van der Waals surface area contributed by atoms with Crippen molar-refractivity contribution in [2.24, 2.45) is 0 Å². The second-order valence-corrected chi connectivity index (χ2v) is 6.31. The molecule has 0 amide bonds. The predicted octanol–water partition coefficient (Wildman–Crippen LogP) is 4.87. The maximum atomic E-state index is 6.22. The Labute approximate surface area is 133 Å². The Balaban J connectivity index is 2.43. The summed E-state index contributed by atoms with van der Waals surface area (Å²) in [5, 5.41) is 4.17. The van der Waals surface area contributed by atoms with Crippen LogP contribution in [0.2, 0.25) is 5.02 Å². The summed E-state index contributed by atoms with van der Waals surface area (Å²) >= 11 is 8.47. The van der Waals surface area contributed by atoms with E-state index in [1.54, 1.807) is 0 Å². The van der Waals surface area contributed by atoms with Gasteiger partial charge in [0.15, 0.2) is 0 Å². The van der Waals surface area contributed by atoms with Crippen LogP contribution in [0.1, 0.15) is 28.3 Å². The maximum absolute atomic E-state index is 6.22. The van der Waals surface area contributed by atoms with Crippen molar-refractivity contribution in [3.63, 3.8) is 0 Å². The first kappa shape index (κ1) is 14.8. The molecule has 0 aliphatic rings. The summed E-state index contributed by atoms with van der Waals surface area (Å²) in [6.07, 6.45) is 0. The molecule has 0 radical (unpaired) electrons. The lowest BCUT2D eigenvalue weighted by Crippen LogP contribution is -2.17. The quantitative estimate of drug-likeness (QED) is 0.743. The molecule has 1 unspecified atom stereocenters. The second kappa shape index (κ2) is 6.25. The fourth-order valence-corrected chi connectivity index (χ4v) is 2.69. The molecule has 2 aromatic rings. The van der Waals surface area contributed by atoms with E-state index in [4.69, 9.17) is 11.6 Å². The minimum absolute atomic E-state index is 0.175. The number of aryl methyl sites for hydroxylation is 2. The first-order valence-electron chi connectivity index (χ1n) is 6.22. The lowest BCUT2D eigenvalue weighted by atomic mass is 9.96. The van der Waals surface area contributed by atoms with Crippen molar-refractivity contribution >= 4 is 34.2 Å². The number of hydrogen-bond donors (Lipinski definition) is 1. The van der Waals surface area contributed by atoms with Gasteiger partial charge in [-0.1, -0.05) is 35.9 Å². The van der Waals surface area contributed by atoms with Gasteiger partial charge >= 0.3 is 0 Å². The van der Waals surface area contributed by atoms with Crippen molar-refractivity contribution < 1.29 is 0 Å². The summed E-state index contributed by atoms with van der Waals surface area (Å²) in [6.45, 7) is 4.28. The van der Waals surface area contributed by atoms with Crippen molar-refractivity contribution in [3.05, 3.63) is 67.2 Å². The van der Waals surface area contributed by atoms with Crippen LogP contribution in [-0.4, -0.2) is 7.05 Å². The van der Waals surface area contributed by atoms with Gasteiger partial charge in [-0.2, -0.15) is 0 Å². The van der Waals surface area contributed by atoms with Gasteiger partial charge < -0.3 is 5.32 Å². The van der Waals surface area contributed by atoms with Gasteiger partial charge in [-0.15, -0.1) is 0 Å². The molecule has 0 heterocycles. The molecule has 3 heteroatoms. The van der Waals surface area contributed by atoms with Gasteiger partial charge in [0.25, 0.3) is 0 Å². The topological polar surface area (TPSA) is 12.0 Å². The van der Waals surface area contributed by atoms with Gasteiger partial charge in [-0.05, 0) is 77.9 Å². The van der Waals surface area contributed by atoms with Crippen LogP contribution in [0.3, 0.4) is 0 Å². The highest BCUT2D eigenvalue weighted by Crippen LogP contribution is 2.28. The largest absolute Gasteiger partial charge is 0.309 e. The van der Waals surface area contributed by atoms with Crippen molar-refractivity contribution in [2.75, 3.05) is 7.05 Å². The number of benzene rings is 2. The molecular formula is C16H17ClIN. The van der Waals surface area contributed by atoms with E-state index >= 15 is 0 Å². The molecule has 1 atom stereocenters. The Hall–Kier alpha value is -0.580. The van der Waals surface area contributed by atoms with E-state index in [9.17, 15) is 0 Å². The summed E-state index contributed by atoms with van der Waals surface area (Å²) in [5.41, 5.74) is 5.09. The van der Waals surface area contributed by atoms with E-state index in [0.717, 1.165) is 8.59 Å². The number of nitrogens with one attached hydrogen (secondary N) is 1. The molecule has 0 saturated heterocycles. The van der Waals surface area contributed by atoms with Crippen molar-refractivity contribution in [1.29, 1.82) is 0 Å². The van der Waals surface area contributed by atoms with Crippen molar-refractivity contribution in [2.45, 2.75) is 19.9 Å². The normalized spacial score (nSPS) is 12.5. The Morgan fingerprint density at radius 3 is 2.21 bits per heavy atom. The SMILES string of the molecule is CNC(c1ccc(C)c(C)c1)c1ccc(I)c(Cl)c1. The van der Waals surface area contributed by atoms with Crippen LogP contribution in [0.15, 0.2) is 36.4 Å². The standard InChI is InChI=1S/C16H17ClIN/c1-10-4-5-12(8-11(10)2)16(19-3)13-6-7-15(18)14(17)9-13/h4-9,16,19H,1-3H3. The van der Waals surface area contributed by atoms with E-state index in [1.165, 1.54) is 22.3 Å². The minimum atomic E-state index is 0.175. The van der Waals surface area contributed by atoms with Crippen LogP contribution < -0.4 is 5.32 Å². The molecule has 100 valence electrons. The van der Waals surface area contributed by atoms with Gasteiger partial charge in [0.1, 0.15) is 0 Å². The Kier molecular flexibility index (Phi) is 4.87. The highest BCUT2D eigenvalue weighted by atomic mass is 127. The van der Waals surface area contributed by atoms with E-state index in [-0.39, 0.29) is 6.04 Å². The average molecular weight is 386 g/mol. The lowest BCUT2D eigenvalue weighted by molar-refractivity contribution is 0.691. The molecule has 1 N–H and O–H groups in total. The van der Waals surface area contributed by atoms with E-state index < -0.39 is 0 Å². The summed E-state index contributed by atoms with van der Waals surface area (Å²) in [5.74, 6) is 0. The van der Waals surface area contributed by atoms with Gasteiger partial charge in [0, 0.05) is 3.57 Å². The Bertz CT molecular complexity index is 544. The van der Waals surface area contributed by atoms with E-state index in [2.05, 4.69) is 72.1 Å². The van der Waals surface area contributed by atoms with Gasteiger partial charge in [-0.25, -0.2) is 0 Å². The zero-order valence-electron chi connectivity index (χ0n) is 11.3.